The molecule has 88 valence electrons. The second-order valence-corrected chi connectivity index (χ2v) is 5.42. The molecular formula is C13H13NO2S. The number of hydrogen-bond acceptors (Lipinski definition) is 3. The zero-order valence-electron chi connectivity index (χ0n) is 9.77. The van der Waals surface area contributed by atoms with Crippen molar-refractivity contribution in [1.82, 2.24) is 4.57 Å². The Morgan fingerprint density at radius 2 is 1.94 bits per heavy atom. The lowest BCUT2D eigenvalue weighted by Gasteiger charge is -2.04. The fourth-order valence-corrected chi connectivity index (χ4v) is 2.65. The summed E-state index contributed by atoms with van der Waals surface area (Å²) in [5.74, 6) is 0.0792. The van der Waals surface area contributed by atoms with Crippen LogP contribution < -0.4 is 5.43 Å². The molecule has 0 aliphatic rings. The van der Waals surface area contributed by atoms with E-state index in [9.17, 15) is 9.59 Å². The van der Waals surface area contributed by atoms with Gasteiger partial charge in [-0.25, -0.2) is 0 Å². The topological polar surface area (TPSA) is 39.1 Å². The molecule has 4 heteroatoms. The van der Waals surface area contributed by atoms with E-state index < -0.39 is 0 Å². The van der Waals surface area contributed by atoms with Crippen LogP contribution in [0.5, 0.6) is 0 Å². The number of rotatable bonds is 3. The van der Waals surface area contributed by atoms with E-state index in [-0.39, 0.29) is 17.8 Å². The van der Waals surface area contributed by atoms with E-state index in [2.05, 4.69) is 0 Å². The van der Waals surface area contributed by atoms with E-state index in [4.69, 9.17) is 0 Å². The number of aromatic nitrogens is 1. The van der Waals surface area contributed by atoms with Gasteiger partial charge in [-0.05, 0) is 19.9 Å². The second-order valence-electron chi connectivity index (χ2n) is 3.96. The highest BCUT2D eigenvalue weighted by Gasteiger charge is 2.11. The van der Waals surface area contributed by atoms with Crippen LogP contribution in [-0.2, 0) is 6.54 Å². The summed E-state index contributed by atoms with van der Waals surface area (Å²) in [6.07, 6.45) is 3.27. The summed E-state index contributed by atoms with van der Waals surface area (Å²) in [5.41, 5.74) is 0.738. The first kappa shape index (κ1) is 11.8. The molecule has 0 unspecified atom stereocenters. The van der Waals surface area contributed by atoms with Crippen molar-refractivity contribution in [2.45, 2.75) is 20.4 Å². The van der Waals surface area contributed by atoms with Crippen molar-refractivity contribution in [3.63, 3.8) is 0 Å². The van der Waals surface area contributed by atoms with Gasteiger partial charge < -0.3 is 4.57 Å². The number of nitrogens with zero attached hydrogens (tertiary/aromatic N) is 1. The van der Waals surface area contributed by atoms with Crippen LogP contribution >= 0.6 is 11.3 Å². The molecule has 0 aliphatic heterocycles. The Kier molecular flexibility index (Phi) is 3.24. The molecule has 2 aromatic rings. The van der Waals surface area contributed by atoms with Crippen LogP contribution in [0.15, 0.2) is 35.4 Å². The summed E-state index contributed by atoms with van der Waals surface area (Å²) in [5, 5.41) is 0. The highest BCUT2D eigenvalue weighted by Crippen LogP contribution is 2.21. The molecule has 0 N–H and O–H groups in total. The first-order chi connectivity index (χ1) is 8.06. The first-order valence-electron chi connectivity index (χ1n) is 5.32. The molecule has 0 spiro atoms. The molecule has 0 aliphatic carbocycles. The fraction of sp³-hybridized carbons (Fsp3) is 0.231. The minimum Gasteiger partial charge on any atom is -0.346 e. The third-order valence-corrected chi connectivity index (χ3v) is 3.49. The third kappa shape index (κ3) is 2.71. The molecule has 2 heterocycles. The Morgan fingerprint density at radius 1 is 1.29 bits per heavy atom. The molecule has 0 bridgehead atoms. The van der Waals surface area contributed by atoms with Crippen LogP contribution in [0, 0.1) is 13.8 Å². The monoisotopic (exact) mass is 247 g/mol. The minimum atomic E-state index is -0.0451. The fourth-order valence-electron chi connectivity index (χ4n) is 1.71. The summed E-state index contributed by atoms with van der Waals surface area (Å²) in [7, 11) is 0. The molecular weight excluding hydrogens is 234 g/mol. The van der Waals surface area contributed by atoms with Gasteiger partial charge in [0.1, 0.15) is 0 Å². The van der Waals surface area contributed by atoms with E-state index in [1.807, 2.05) is 19.9 Å². The standard InChI is InChI=1S/C13H13NO2S/c1-9-7-12(10(2)17-9)13(16)8-14-5-3-11(15)4-6-14/h3-7H,8H2,1-2H3. The number of aryl methyl sites for hydroxylation is 2. The molecule has 3 nitrogen and oxygen atoms in total. The predicted molar refractivity (Wildman–Crippen MR) is 68.8 cm³/mol. The van der Waals surface area contributed by atoms with Gasteiger partial charge in [-0.1, -0.05) is 0 Å². The summed E-state index contributed by atoms with van der Waals surface area (Å²) in [6.45, 7) is 4.22. The van der Waals surface area contributed by atoms with Crippen LogP contribution in [0.1, 0.15) is 20.1 Å². The van der Waals surface area contributed by atoms with Crippen molar-refractivity contribution in [3.8, 4) is 0 Å². The summed E-state index contributed by atoms with van der Waals surface area (Å²) >= 11 is 1.63. The Bertz CT molecular complexity index is 590. The molecule has 0 amide bonds. The quantitative estimate of drug-likeness (QED) is 0.781. The van der Waals surface area contributed by atoms with E-state index in [1.165, 1.54) is 12.1 Å². The number of ketones is 1. The number of carbonyl (C=O) groups excluding carboxylic acids is 1. The average molecular weight is 247 g/mol. The van der Waals surface area contributed by atoms with Crippen molar-refractivity contribution in [1.29, 1.82) is 0 Å². The smallest absolute Gasteiger partial charge is 0.183 e. The van der Waals surface area contributed by atoms with Crippen LogP contribution in [0.3, 0.4) is 0 Å². The van der Waals surface area contributed by atoms with E-state index in [0.29, 0.717) is 0 Å². The maximum atomic E-state index is 12.0. The molecule has 0 saturated heterocycles. The van der Waals surface area contributed by atoms with Gasteiger partial charge in [0.2, 0.25) is 0 Å². The van der Waals surface area contributed by atoms with E-state index >= 15 is 0 Å². The van der Waals surface area contributed by atoms with Gasteiger partial charge in [0.25, 0.3) is 0 Å². The van der Waals surface area contributed by atoms with Gasteiger partial charge in [-0.3, -0.25) is 9.59 Å². The number of carbonyl (C=O) groups is 1. The van der Waals surface area contributed by atoms with Gasteiger partial charge >= 0.3 is 0 Å². The lowest BCUT2D eigenvalue weighted by Crippen LogP contribution is -2.12. The molecule has 17 heavy (non-hydrogen) atoms. The lowest BCUT2D eigenvalue weighted by molar-refractivity contribution is 0.0972. The van der Waals surface area contributed by atoms with E-state index in [1.54, 1.807) is 28.3 Å². The van der Waals surface area contributed by atoms with Crippen LogP contribution in [0.4, 0.5) is 0 Å². The normalized spacial score (nSPS) is 10.5. The van der Waals surface area contributed by atoms with Crippen molar-refractivity contribution < 1.29 is 4.79 Å². The molecule has 0 atom stereocenters. The van der Waals surface area contributed by atoms with Crippen LogP contribution in [0.25, 0.3) is 0 Å². The summed E-state index contributed by atoms with van der Waals surface area (Å²) in [4.78, 5) is 25.2. The number of Topliss-reactive ketones (excluding diaryl/α,β-unsaturated/α-hetero) is 1. The SMILES string of the molecule is Cc1cc(C(=O)Cn2ccc(=O)cc2)c(C)s1. The van der Waals surface area contributed by atoms with Crippen LogP contribution in [-0.4, -0.2) is 10.4 Å². The van der Waals surface area contributed by atoms with Gasteiger partial charge in [0, 0.05) is 39.8 Å². The van der Waals surface area contributed by atoms with Crippen LogP contribution in [0.2, 0.25) is 0 Å². The maximum absolute atomic E-state index is 12.0. The van der Waals surface area contributed by atoms with Crippen molar-refractivity contribution >= 4 is 17.1 Å². The predicted octanol–water partition coefficient (Wildman–Crippen LogP) is 2.41. The lowest BCUT2D eigenvalue weighted by atomic mass is 10.1. The zero-order valence-corrected chi connectivity index (χ0v) is 10.6. The number of hydrogen-bond donors (Lipinski definition) is 0. The largest absolute Gasteiger partial charge is 0.346 e. The summed E-state index contributed by atoms with van der Waals surface area (Å²) < 4.78 is 1.72. The van der Waals surface area contributed by atoms with Crippen molar-refractivity contribution in [3.05, 3.63) is 56.1 Å². The van der Waals surface area contributed by atoms with Gasteiger partial charge in [-0.15, -0.1) is 11.3 Å². The molecule has 0 aromatic carbocycles. The molecule has 2 aromatic heterocycles. The Morgan fingerprint density at radius 3 is 2.47 bits per heavy atom. The van der Waals surface area contributed by atoms with Crippen molar-refractivity contribution in [2.24, 2.45) is 0 Å². The Hall–Kier alpha value is -1.68. The van der Waals surface area contributed by atoms with Gasteiger partial charge in [0.15, 0.2) is 11.2 Å². The van der Waals surface area contributed by atoms with E-state index in [0.717, 1.165) is 15.3 Å². The highest BCUT2D eigenvalue weighted by molar-refractivity contribution is 7.12. The molecule has 0 saturated carbocycles. The molecule has 0 radical (unpaired) electrons. The zero-order chi connectivity index (χ0) is 12.4. The molecule has 0 fully saturated rings. The van der Waals surface area contributed by atoms with Crippen molar-refractivity contribution in [2.75, 3.05) is 0 Å². The minimum absolute atomic E-state index is 0.0451. The Balaban J connectivity index is 2.19. The highest BCUT2D eigenvalue weighted by atomic mass is 32.1. The number of pyridine rings is 1. The summed E-state index contributed by atoms with van der Waals surface area (Å²) in [6, 6.07) is 4.84. The van der Waals surface area contributed by atoms with Gasteiger partial charge in [-0.2, -0.15) is 0 Å². The Labute approximate surface area is 103 Å². The third-order valence-electron chi connectivity index (χ3n) is 2.53. The van der Waals surface area contributed by atoms with Gasteiger partial charge in [0.05, 0.1) is 6.54 Å². The number of thiophene rings is 1. The average Bonchev–Trinajstić information content (AvgIpc) is 2.61. The molecule has 2 rings (SSSR count). The second kappa shape index (κ2) is 4.67. The first-order valence-corrected chi connectivity index (χ1v) is 6.14. The maximum Gasteiger partial charge on any atom is 0.183 e.